The van der Waals surface area contributed by atoms with Crippen LogP contribution < -0.4 is 10.1 Å². The lowest BCUT2D eigenvalue weighted by Gasteiger charge is -2.22. The van der Waals surface area contributed by atoms with Crippen LogP contribution in [0, 0.1) is 0 Å². The summed E-state index contributed by atoms with van der Waals surface area (Å²) < 4.78 is 44.6. The fourth-order valence-electron chi connectivity index (χ4n) is 2.28. The molecule has 1 aromatic heterocycles. The third-order valence-electron chi connectivity index (χ3n) is 3.17. The largest absolute Gasteiger partial charge is 0.481 e. The molecule has 112 valence electrons. The minimum absolute atomic E-state index is 0.138. The maximum Gasteiger partial charge on any atom is 0.416 e. The SMILES string of the molecule is CNC(c1ccccc1C(F)(F)F)c1cccnc1OC. The van der Waals surface area contributed by atoms with Crippen LogP contribution in [0.15, 0.2) is 42.6 Å². The first kappa shape index (κ1) is 15.3. The quantitative estimate of drug-likeness (QED) is 0.938. The fourth-order valence-corrected chi connectivity index (χ4v) is 2.28. The zero-order valence-corrected chi connectivity index (χ0v) is 11.6. The topological polar surface area (TPSA) is 34.2 Å². The molecule has 6 heteroatoms. The number of benzene rings is 1. The first-order valence-electron chi connectivity index (χ1n) is 6.31. The zero-order valence-electron chi connectivity index (χ0n) is 11.6. The van der Waals surface area contributed by atoms with Crippen molar-refractivity contribution in [3.8, 4) is 5.88 Å². The smallest absolute Gasteiger partial charge is 0.416 e. The van der Waals surface area contributed by atoms with Gasteiger partial charge in [-0.25, -0.2) is 4.98 Å². The minimum atomic E-state index is -4.42. The Bertz CT molecular complexity index is 614. The molecule has 1 heterocycles. The van der Waals surface area contributed by atoms with Crippen molar-refractivity contribution in [1.82, 2.24) is 10.3 Å². The Morgan fingerprint density at radius 3 is 2.38 bits per heavy atom. The van der Waals surface area contributed by atoms with Crippen molar-refractivity contribution in [2.24, 2.45) is 0 Å². The molecular weight excluding hydrogens is 281 g/mol. The molecule has 0 saturated carbocycles. The number of hydrogen-bond acceptors (Lipinski definition) is 3. The summed E-state index contributed by atoms with van der Waals surface area (Å²) in [5, 5.41) is 2.90. The van der Waals surface area contributed by atoms with E-state index in [2.05, 4.69) is 10.3 Å². The van der Waals surface area contributed by atoms with E-state index in [0.717, 1.165) is 6.07 Å². The van der Waals surface area contributed by atoms with Crippen LogP contribution in [0.2, 0.25) is 0 Å². The highest BCUT2D eigenvalue weighted by atomic mass is 19.4. The van der Waals surface area contributed by atoms with Crippen molar-refractivity contribution in [3.63, 3.8) is 0 Å². The van der Waals surface area contributed by atoms with Crippen LogP contribution in [0.5, 0.6) is 5.88 Å². The third-order valence-corrected chi connectivity index (χ3v) is 3.17. The third kappa shape index (κ3) is 3.16. The molecule has 0 aliphatic heterocycles. The number of nitrogens with zero attached hydrogens (tertiary/aromatic N) is 1. The molecule has 0 amide bonds. The highest BCUT2D eigenvalue weighted by molar-refractivity contribution is 5.42. The molecule has 0 fully saturated rings. The van der Waals surface area contributed by atoms with E-state index in [1.165, 1.54) is 25.4 Å². The van der Waals surface area contributed by atoms with Gasteiger partial charge in [0.25, 0.3) is 0 Å². The molecule has 21 heavy (non-hydrogen) atoms. The monoisotopic (exact) mass is 296 g/mol. The Kier molecular flexibility index (Phi) is 4.47. The first-order valence-corrected chi connectivity index (χ1v) is 6.31. The lowest BCUT2D eigenvalue weighted by molar-refractivity contribution is -0.138. The summed E-state index contributed by atoms with van der Waals surface area (Å²) >= 11 is 0. The summed E-state index contributed by atoms with van der Waals surface area (Å²) in [6.07, 6.45) is -2.88. The fraction of sp³-hybridized carbons (Fsp3) is 0.267. The zero-order chi connectivity index (χ0) is 15.5. The van der Waals surface area contributed by atoms with Gasteiger partial charge in [0, 0.05) is 11.8 Å². The average Bonchev–Trinajstić information content (AvgIpc) is 2.48. The van der Waals surface area contributed by atoms with E-state index in [9.17, 15) is 13.2 Å². The Hall–Kier alpha value is -2.08. The van der Waals surface area contributed by atoms with E-state index >= 15 is 0 Å². The van der Waals surface area contributed by atoms with Gasteiger partial charge in [-0.1, -0.05) is 24.3 Å². The van der Waals surface area contributed by atoms with Gasteiger partial charge in [0.15, 0.2) is 0 Å². The Morgan fingerprint density at radius 2 is 1.76 bits per heavy atom. The van der Waals surface area contributed by atoms with Crippen LogP contribution in [0.1, 0.15) is 22.7 Å². The first-order chi connectivity index (χ1) is 9.99. The molecule has 0 aliphatic carbocycles. The number of ether oxygens (including phenoxy) is 1. The van der Waals surface area contributed by atoms with Gasteiger partial charge >= 0.3 is 6.18 Å². The second-order valence-electron chi connectivity index (χ2n) is 4.41. The van der Waals surface area contributed by atoms with Gasteiger partial charge < -0.3 is 10.1 Å². The Balaban J connectivity index is 2.58. The minimum Gasteiger partial charge on any atom is -0.481 e. The molecule has 0 spiro atoms. The summed E-state index contributed by atoms with van der Waals surface area (Å²) in [7, 11) is 3.04. The van der Waals surface area contributed by atoms with E-state index in [0.29, 0.717) is 11.4 Å². The summed E-state index contributed by atoms with van der Waals surface area (Å²) in [5.74, 6) is 0.300. The number of aromatic nitrogens is 1. The average molecular weight is 296 g/mol. The van der Waals surface area contributed by atoms with E-state index in [1.54, 1.807) is 25.2 Å². The van der Waals surface area contributed by atoms with Gasteiger partial charge in [0.1, 0.15) is 0 Å². The highest BCUT2D eigenvalue weighted by Crippen LogP contribution is 2.37. The van der Waals surface area contributed by atoms with Crippen molar-refractivity contribution >= 4 is 0 Å². The molecule has 0 bridgehead atoms. The number of pyridine rings is 1. The van der Waals surface area contributed by atoms with Crippen LogP contribution in [0.3, 0.4) is 0 Å². The van der Waals surface area contributed by atoms with Gasteiger partial charge in [-0.2, -0.15) is 13.2 Å². The van der Waals surface area contributed by atoms with Gasteiger partial charge in [-0.3, -0.25) is 0 Å². The predicted octanol–water partition coefficient (Wildman–Crippen LogP) is 3.42. The molecule has 1 N–H and O–H groups in total. The summed E-state index contributed by atoms with van der Waals surface area (Å²) in [4.78, 5) is 4.04. The standard InChI is InChI=1S/C15H15F3N2O/c1-19-13(11-7-5-9-20-14(11)21-2)10-6-3-4-8-12(10)15(16,17)18/h3-9,13,19H,1-2H3. The van der Waals surface area contributed by atoms with Crippen LogP contribution >= 0.6 is 0 Å². The molecule has 1 aromatic carbocycles. The second-order valence-corrected chi connectivity index (χ2v) is 4.41. The number of alkyl halides is 3. The molecule has 0 radical (unpaired) electrons. The molecule has 3 nitrogen and oxygen atoms in total. The number of halogens is 3. The Morgan fingerprint density at radius 1 is 1.10 bits per heavy atom. The van der Waals surface area contributed by atoms with Gasteiger partial charge in [-0.15, -0.1) is 0 Å². The normalized spacial score (nSPS) is 13.0. The van der Waals surface area contributed by atoms with Gasteiger partial charge in [-0.05, 0) is 24.7 Å². The highest BCUT2D eigenvalue weighted by Gasteiger charge is 2.35. The number of hydrogen-bond donors (Lipinski definition) is 1. The van der Waals surface area contributed by atoms with Gasteiger partial charge in [0.05, 0.1) is 18.7 Å². The molecule has 2 aromatic rings. The summed E-state index contributed by atoms with van der Waals surface area (Å²) in [6.45, 7) is 0. The maximum absolute atomic E-state index is 13.2. The van der Waals surface area contributed by atoms with E-state index in [1.807, 2.05) is 0 Å². The predicted molar refractivity (Wildman–Crippen MR) is 73.1 cm³/mol. The molecule has 2 rings (SSSR count). The van der Waals surface area contributed by atoms with Crippen LogP contribution in [0.25, 0.3) is 0 Å². The van der Waals surface area contributed by atoms with E-state index in [-0.39, 0.29) is 5.56 Å². The molecule has 1 unspecified atom stereocenters. The second kappa shape index (κ2) is 6.13. The number of rotatable bonds is 4. The molecule has 1 atom stereocenters. The Labute approximate surface area is 120 Å². The van der Waals surface area contributed by atoms with Crippen LogP contribution in [0.4, 0.5) is 13.2 Å². The molecule has 0 saturated heterocycles. The van der Waals surface area contributed by atoms with Gasteiger partial charge in [0.2, 0.25) is 5.88 Å². The van der Waals surface area contributed by atoms with Crippen LogP contribution in [-0.4, -0.2) is 19.1 Å². The molecular formula is C15H15F3N2O. The van der Waals surface area contributed by atoms with Crippen molar-refractivity contribution in [2.75, 3.05) is 14.2 Å². The number of nitrogens with one attached hydrogen (secondary N) is 1. The van der Waals surface area contributed by atoms with E-state index < -0.39 is 17.8 Å². The van der Waals surface area contributed by atoms with Crippen LogP contribution in [-0.2, 0) is 6.18 Å². The molecule has 0 aliphatic rings. The van der Waals surface area contributed by atoms with E-state index in [4.69, 9.17) is 4.74 Å². The maximum atomic E-state index is 13.2. The lowest BCUT2D eigenvalue weighted by Crippen LogP contribution is -2.22. The van der Waals surface area contributed by atoms with Crippen molar-refractivity contribution in [2.45, 2.75) is 12.2 Å². The van der Waals surface area contributed by atoms with Crippen molar-refractivity contribution < 1.29 is 17.9 Å². The van der Waals surface area contributed by atoms with Crippen molar-refractivity contribution in [1.29, 1.82) is 0 Å². The van der Waals surface area contributed by atoms with Crippen molar-refractivity contribution in [3.05, 3.63) is 59.3 Å². The summed E-state index contributed by atoms with van der Waals surface area (Å²) in [5.41, 5.74) is 0.0215. The lowest BCUT2D eigenvalue weighted by atomic mass is 9.95. The number of methoxy groups -OCH3 is 1. The summed E-state index contributed by atoms with van der Waals surface area (Å²) in [6, 6.07) is 8.18.